The summed E-state index contributed by atoms with van der Waals surface area (Å²) in [5, 5.41) is 10.4. The normalized spacial score (nSPS) is 20.5. The van der Waals surface area contributed by atoms with Crippen LogP contribution in [0.1, 0.15) is 64.0 Å². The largest absolute Gasteiger partial charge is 0.309 e. The Morgan fingerprint density at radius 3 is 2.83 bits per heavy atom. The molecule has 3 heteroatoms. The Morgan fingerprint density at radius 2 is 2.07 bits per heavy atom. The molecular weight excluding hydrogens is 356 g/mol. The minimum Gasteiger partial charge on any atom is -0.309 e. The molecule has 29 heavy (non-hydrogen) atoms. The van der Waals surface area contributed by atoms with Gasteiger partial charge in [-0.25, -0.2) is 0 Å². The highest BCUT2D eigenvalue weighted by atomic mass is 16.1. The predicted molar refractivity (Wildman–Crippen MR) is 121 cm³/mol. The molecule has 1 N–H and O–H groups in total. The molecule has 1 fully saturated rings. The van der Waals surface area contributed by atoms with E-state index in [9.17, 15) is 4.79 Å². The molecule has 1 aliphatic rings. The second kappa shape index (κ2) is 10.5. The number of carbonyl (C=O) groups is 1. The number of hydrogen-bond acceptors (Lipinski definition) is 3. The van der Waals surface area contributed by atoms with Gasteiger partial charge in [-0.1, -0.05) is 56.5 Å². The Labute approximate surface area is 175 Å². The van der Waals surface area contributed by atoms with Gasteiger partial charge in [0.2, 0.25) is 0 Å². The van der Waals surface area contributed by atoms with Crippen LogP contribution in [-0.2, 0) is 11.2 Å². The monoisotopic (exact) mass is 390 g/mol. The van der Waals surface area contributed by atoms with Gasteiger partial charge in [-0.2, -0.15) is 0 Å². The third-order valence-electron chi connectivity index (χ3n) is 6.42. The molecule has 154 valence electrons. The zero-order valence-corrected chi connectivity index (χ0v) is 17.7. The van der Waals surface area contributed by atoms with Crippen molar-refractivity contribution in [3.63, 3.8) is 0 Å². The van der Waals surface area contributed by atoms with E-state index in [4.69, 9.17) is 5.41 Å². The van der Waals surface area contributed by atoms with E-state index in [1.165, 1.54) is 25.7 Å². The topological polar surface area (TPSA) is 53.8 Å². The Bertz CT molecular complexity index is 857. The summed E-state index contributed by atoms with van der Waals surface area (Å²) >= 11 is 0. The summed E-state index contributed by atoms with van der Waals surface area (Å²) in [6, 6.07) is 10.2. The van der Waals surface area contributed by atoms with Crippen LogP contribution in [0.15, 0.2) is 49.2 Å². The smallest absolute Gasteiger partial charge is 0.138 e. The highest BCUT2D eigenvalue weighted by Gasteiger charge is 2.23. The van der Waals surface area contributed by atoms with Gasteiger partial charge in [0.05, 0.1) is 0 Å². The number of Topliss-reactive ketones (excluding diaryl/α,β-unsaturated/α-hetero) is 1. The lowest BCUT2D eigenvalue weighted by atomic mass is 9.78. The molecule has 0 amide bonds. The van der Waals surface area contributed by atoms with Crippen LogP contribution in [0.2, 0.25) is 0 Å². The molecule has 3 atom stereocenters. The molecule has 2 aromatic rings. The van der Waals surface area contributed by atoms with Crippen molar-refractivity contribution < 1.29 is 4.79 Å². The van der Waals surface area contributed by atoms with E-state index in [2.05, 4.69) is 24.6 Å². The second-order valence-corrected chi connectivity index (χ2v) is 8.83. The first-order valence-corrected chi connectivity index (χ1v) is 11.1. The zero-order chi connectivity index (χ0) is 20.6. The van der Waals surface area contributed by atoms with Crippen LogP contribution >= 0.6 is 0 Å². The summed E-state index contributed by atoms with van der Waals surface area (Å²) < 4.78 is 0. The fourth-order valence-corrected chi connectivity index (χ4v) is 4.48. The van der Waals surface area contributed by atoms with Crippen molar-refractivity contribution in [2.45, 2.75) is 64.7 Å². The van der Waals surface area contributed by atoms with E-state index in [0.29, 0.717) is 30.6 Å². The summed E-state index contributed by atoms with van der Waals surface area (Å²) in [7, 11) is 0. The van der Waals surface area contributed by atoms with Gasteiger partial charge in [-0.05, 0) is 49.0 Å². The van der Waals surface area contributed by atoms with E-state index < -0.39 is 0 Å². The van der Waals surface area contributed by atoms with E-state index in [1.54, 1.807) is 0 Å². The third-order valence-corrected chi connectivity index (χ3v) is 6.42. The summed E-state index contributed by atoms with van der Waals surface area (Å²) in [5.41, 5.74) is 1.75. The molecule has 0 saturated heterocycles. The van der Waals surface area contributed by atoms with Gasteiger partial charge in [0.1, 0.15) is 5.78 Å². The first-order chi connectivity index (χ1) is 14.0. The van der Waals surface area contributed by atoms with Crippen LogP contribution in [-0.4, -0.2) is 16.5 Å². The standard InChI is InChI=1S/C26H34N2O/c1-3-21-13-12-20(15-26(21)27)8-6-7-19(2)11-14-25(29)17-24-16-22-9-4-5-10-23(22)18-28-24/h3-5,9-10,16,18-21,27H,1,6-8,11-15,17H2,2H3/t19-,20?,21?/m0/s1. The van der Waals surface area contributed by atoms with Crippen LogP contribution in [0.3, 0.4) is 0 Å². The number of carbonyl (C=O) groups excluding carboxylic acids is 1. The molecule has 1 heterocycles. The highest BCUT2D eigenvalue weighted by Crippen LogP contribution is 2.31. The average molecular weight is 391 g/mol. The number of rotatable bonds is 10. The molecule has 0 radical (unpaired) electrons. The molecule has 1 saturated carbocycles. The van der Waals surface area contributed by atoms with Crippen LogP contribution in [0.4, 0.5) is 0 Å². The molecule has 3 rings (SSSR count). The maximum Gasteiger partial charge on any atom is 0.138 e. The molecule has 2 unspecified atom stereocenters. The van der Waals surface area contributed by atoms with Crippen molar-refractivity contribution in [1.82, 2.24) is 4.98 Å². The van der Waals surface area contributed by atoms with Gasteiger partial charge in [0, 0.05) is 41.7 Å². The van der Waals surface area contributed by atoms with Gasteiger partial charge in [0.25, 0.3) is 0 Å². The molecule has 1 aliphatic carbocycles. The number of hydrogen-bond donors (Lipinski definition) is 1. The maximum atomic E-state index is 12.4. The number of nitrogens with one attached hydrogen (secondary N) is 1. The molecule has 0 aliphatic heterocycles. The average Bonchev–Trinajstić information content (AvgIpc) is 2.72. The number of benzene rings is 1. The quantitative estimate of drug-likeness (QED) is 0.467. The van der Waals surface area contributed by atoms with Crippen LogP contribution in [0.5, 0.6) is 0 Å². The molecule has 0 bridgehead atoms. The number of aromatic nitrogens is 1. The SMILES string of the molecule is C=CC1CCC(CCC[C@H](C)CCC(=O)Cc2cc3ccccc3cn2)CC1=N. The maximum absolute atomic E-state index is 12.4. The van der Waals surface area contributed by atoms with Crippen LogP contribution < -0.4 is 0 Å². The number of fused-ring (bicyclic) bond motifs is 1. The van der Waals surface area contributed by atoms with Crippen molar-refractivity contribution in [3.05, 3.63) is 54.9 Å². The fraction of sp³-hybridized carbons (Fsp3) is 0.500. The first-order valence-electron chi connectivity index (χ1n) is 11.1. The van der Waals surface area contributed by atoms with Gasteiger partial charge >= 0.3 is 0 Å². The van der Waals surface area contributed by atoms with Crippen molar-refractivity contribution in [1.29, 1.82) is 5.41 Å². The van der Waals surface area contributed by atoms with E-state index >= 15 is 0 Å². The van der Waals surface area contributed by atoms with E-state index in [0.717, 1.165) is 41.4 Å². The summed E-state index contributed by atoms with van der Waals surface area (Å²) in [6.45, 7) is 6.11. The highest BCUT2D eigenvalue weighted by molar-refractivity contribution is 5.86. The first kappa shape index (κ1) is 21.4. The molecule has 3 nitrogen and oxygen atoms in total. The molecule has 0 spiro atoms. The third kappa shape index (κ3) is 6.35. The van der Waals surface area contributed by atoms with Crippen LogP contribution in [0.25, 0.3) is 10.8 Å². The lowest BCUT2D eigenvalue weighted by Gasteiger charge is -2.27. The summed E-state index contributed by atoms with van der Waals surface area (Å²) in [6.07, 6.45) is 12.7. The minimum atomic E-state index is 0.288. The summed E-state index contributed by atoms with van der Waals surface area (Å²) in [4.78, 5) is 16.8. The number of nitrogens with zero attached hydrogens (tertiary/aromatic N) is 1. The second-order valence-electron chi connectivity index (χ2n) is 8.83. The van der Waals surface area contributed by atoms with Gasteiger partial charge < -0.3 is 5.41 Å². The van der Waals surface area contributed by atoms with Crippen molar-refractivity contribution in [3.8, 4) is 0 Å². The molecular formula is C26H34N2O. The molecule has 1 aromatic heterocycles. The Kier molecular flexibility index (Phi) is 7.74. The number of allylic oxidation sites excluding steroid dienone is 1. The van der Waals surface area contributed by atoms with Crippen molar-refractivity contribution in [2.24, 2.45) is 17.8 Å². The predicted octanol–water partition coefficient (Wildman–Crippen LogP) is 6.56. The fourth-order valence-electron chi connectivity index (χ4n) is 4.48. The van der Waals surface area contributed by atoms with Gasteiger partial charge in [0.15, 0.2) is 0 Å². The van der Waals surface area contributed by atoms with E-state index in [-0.39, 0.29) is 5.78 Å². The van der Waals surface area contributed by atoms with Crippen molar-refractivity contribution >= 4 is 22.3 Å². The zero-order valence-electron chi connectivity index (χ0n) is 17.7. The lowest BCUT2D eigenvalue weighted by molar-refractivity contribution is -0.118. The Hall–Kier alpha value is -2.29. The lowest BCUT2D eigenvalue weighted by Crippen LogP contribution is -2.22. The van der Waals surface area contributed by atoms with Crippen LogP contribution in [0, 0.1) is 23.2 Å². The van der Waals surface area contributed by atoms with Crippen molar-refractivity contribution in [2.75, 3.05) is 0 Å². The minimum absolute atomic E-state index is 0.288. The van der Waals surface area contributed by atoms with Gasteiger partial charge in [-0.3, -0.25) is 9.78 Å². The van der Waals surface area contributed by atoms with E-state index in [1.807, 2.05) is 36.5 Å². The van der Waals surface area contributed by atoms with Gasteiger partial charge in [-0.15, -0.1) is 6.58 Å². The Balaban J connectivity index is 1.34. The summed E-state index contributed by atoms with van der Waals surface area (Å²) in [5.74, 6) is 1.85. The number of ketones is 1. The molecule has 1 aromatic carbocycles. The Morgan fingerprint density at radius 1 is 1.28 bits per heavy atom. The number of pyridine rings is 1.